The number of rotatable bonds is 6. The molecule has 140 valence electrons. The molecule has 2 N–H and O–H groups in total. The summed E-state index contributed by atoms with van der Waals surface area (Å²) in [6.45, 7) is 2.37. The van der Waals surface area contributed by atoms with Crippen LogP contribution in [0.3, 0.4) is 0 Å². The summed E-state index contributed by atoms with van der Waals surface area (Å²) >= 11 is 0. The van der Waals surface area contributed by atoms with Gasteiger partial charge in [0.1, 0.15) is 12.3 Å². The van der Waals surface area contributed by atoms with Gasteiger partial charge in [0.25, 0.3) is 11.8 Å². The summed E-state index contributed by atoms with van der Waals surface area (Å²) < 4.78 is 5.13. The summed E-state index contributed by atoms with van der Waals surface area (Å²) in [5.74, 6) is 0.371. The van der Waals surface area contributed by atoms with Gasteiger partial charge in [-0.3, -0.25) is 20.0 Å². The quantitative estimate of drug-likeness (QED) is 0.814. The number of hydrogen-bond acceptors (Lipinski definition) is 5. The van der Waals surface area contributed by atoms with Gasteiger partial charge >= 0.3 is 0 Å². The number of hydrazine groups is 1. The number of anilines is 1. The summed E-state index contributed by atoms with van der Waals surface area (Å²) in [6, 6.07) is 15.1. The van der Waals surface area contributed by atoms with Crippen LogP contribution >= 0.6 is 0 Å². The lowest BCUT2D eigenvalue weighted by atomic mass is 10.1. The van der Waals surface area contributed by atoms with Gasteiger partial charge in [0.2, 0.25) is 5.84 Å². The fraction of sp³-hybridized carbons (Fsp3) is 0.250. The SMILES string of the molecule is COc1ccc(CCNC(=O)C2=NCC(=O)N(c3ccc(C)cc3)N2)cc1. The minimum atomic E-state index is -0.340. The van der Waals surface area contributed by atoms with Crippen LogP contribution in [0.1, 0.15) is 11.1 Å². The molecular weight excluding hydrogens is 344 g/mol. The van der Waals surface area contributed by atoms with E-state index in [0.29, 0.717) is 18.7 Å². The van der Waals surface area contributed by atoms with Crippen LogP contribution in [0.15, 0.2) is 53.5 Å². The van der Waals surface area contributed by atoms with Crippen molar-refractivity contribution in [2.24, 2.45) is 4.99 Å². The zero-order valence-corrected chi connectivity index (χ0v) is 15.4. The first-order valence-corrected chi connectivity index (χ1v) is 8.68. The fourth-order valence-corrected chi connectivity index (χ4v) is 2.64. The number of carbonyl (C=O) groups excluding carboxylic acids is 2. The predicted molar refractivity (Wildman–Crippen MR) is 104 cm³/mol. The number of ether oxygens (including phenoxy) is 1. The molecule has 0 saturated heterocycles. The Morgan fingerprint density at radius 2 is 1.89 bits per heavy atom. The number of nitrogens with one attached hydrogen (secondary N) is 2. The number of aliphatic imine (C=N–C) groups is 1. The highest BCUT2D eigenvalue weighted by Crippen LogP contribution is 2.15. The number of aryl methyl sites for hydroxylation is 1. The van der Waals surface area contributed by atoms with Gasteiger partial charge in [-0.25, -0.2) is 5.01 Å². The molecular formula is C20H22N4O3. The minimum Gasteiger partial charge on any atom is -0.497 e. The molecule has 2 aromatic carbocycles. The molecule has 27 heavy (non-hydrogen) atoms. The third kappa shape index (κ3) is 4.63. The van der Waals surface area contributed by atoms with E-state index in [1.54, 1.807) is 7.11 Å². The van der Waals surface area contributed by atoms with Crippen molar-refractivity contribution in [1.29, 1.82) is 0 Å². The maximum Gasteiger partial charge on any atom is 0.288 e. The van der Waals surface area contributed by atoms with Crippen molar-refractivity contribution in [3.05, 3.63) is 59.7 Å². The van der Waals surface area contributed by atoms with E-state index in [1.807, 2.05) is 55.5 Å². The van der Waals surface area contributed by atoms with Gasteiger partial charge in [0.15, 0.2) is 0 Å². The lowest BCUT2D eigenvalue weighted by molar-refractivity contribution is -0.118. The summed E-state index contributed by atoms with van der Waals surface area (Å²) in [7, 11) is 1.62. The monoisotopic (exact) mass is 366 g/mol. The van der Waals surface area contributed by atoms with Crippen molar-refractivity contribution in [3.8, 4) is 5.75 Å². The number of nitrogens with zero attached hydrogens (tertiary/aromatic N) is 2. The van der Waals surface area contributed by atoms with Gasteiger partial charge < -0.3 is 10.1 Å². The second-order valence-electron chi connectivity index (χ2n) is 6.20. The average molecular weight is 366 g/mol. The molecule has 0 bridgehead atoms. The molecule has 0 radical (unpaired) electrons. The molecule has 0 aliphatic carbocycles. The van der Waals surface area contributed by atoms with E-state index < -0.39 is 0 Å². The van der Waals surface area contributed by atoms with Crippen molar-refractivity contribution in [2.75, 3.05) is 25.2 Å². The molecule has 2 aromatic rings. The Kier molecular flexibility index (Phi) is 5.71. The summed E-state index contributed by atoms with van der Waals surface area (Å²) in [4.78, 5) is 28.5. The number of amides is 2. The number of hydrogen-bond donors (Lipinski definition) is 2. The Bertz CT molecular complexity index is 845. The molecule has 0 aromatic heterocycles. The van der Waals surface area contributed by atoms with Crippen LogP contribution in [-0.2, 0) is 16.0 Å². The van der Waals surface area contributed by atoms with Crippen LogP contribution in [0.5, 0.6) is 5.75 Å². The molecule has 1 aliphatic heterocycles. The Morgan fingerprint density at radius 3 is 2.56 bits per heavy atom. The first-order chi connectivity index (χ1) is 13.1. The highest BCUT2D eigenvalue weighted by atomic mass is 16.5. The molecule has 3 rings (SSSR count). The maximum atomic E-state index is 12.4. The van der Waals surface area contributed by atoms with Crippen LogP contribution < -0.4 is 20.5 Å². The van der Waals surface area contributed by atoms with Crippen LogP contribution in [-0.4, -0.2) is 37.8 Å². The number of benzene rings is 2. The van der Waals surface area contributed by atoms with E-state index in [1.165, 1.54) is 5.01 Å². The molecule has 0 atom stereocenters. The topological polar surface area (TPSA) is 83.0 Å². The average Bonchev–Trinajstić information content (AvgIpc) is 2.69. The smallest absolute Gasteiger partial charge is 0.288 e. The number of amidine groups is 1. The van der Waals surface area contributed by atoms with Gasteiger partial charge in [0.05, 0.1) is 12.8 Å². The van der Waals surface area contributed by atoms with Crippen molar-refractivity contribution in [1.82, 2.24) is 10.7 Å². The van der Waals surface area contributed by atoms with E-state index in [0.717, 1.165) is 16.9 Å². The number of methoxy groups -OCH3 is 1. The van der Waals surface area contributed by atoms with Crippen LogP contribution in [0.25, 0.3) is 0 Å². The molecule has 7 nitrogen and oxygen atoms in total. The van der Waals surface area contributed by atoms with Crippen molar-refractivity contribution < 1.29 is 14.3 Å². The third-order valence-corrected chi connectivity index (χ3v) is 4.21. The first kappa shape index (κ1) is 18.4. The van der Waals surface area contributed by atoms with E-state index in [-0.39, 0.29) is 24.2 Å². The molecule has 2 amide bonds. The lowest BCUT2D eigenvalue weighted by Gasteiger charge is -2.27. The van der Waals surface area contributed by atoms with Gasteiger partial charge in [0, 0.05) is 6.54 Å². The zero-order chi connectivity index (χ0) is 19.2. The minimum absolute atomic E-state index is 0.0674. The lowest BCUT2D eigenvalue weighted by Crippen LogP contribution is -2.55. The van der Waals surface area contributed by atoms with Gasteiger partial charge in [-0.15, -0.1) is 0 Å². The third-order valence-electron chi connectivity index (χ3n) is 4.21. The molecule has 0 spiro atoms. The van der Waals surface area contributed by atoms with Crippen LogP contribution in [0.2, 0.25) is 0 Å². The predicted octanol–water partition coefficient (Wildman–Crippen LogP) is 1.61. The second kappa shape index (κ2) is 8.35. The Morgan fingerprint density at radius 1 is 1.19 bits per heavy atom. The van der Waals surface area contributed by atoms with E-state index in [2.05, 4.69) is 15.7 Å². The van der Waals surface area contributed by atoms with E-state index >= 15 is 0 Å². The van der Waals surface area contributed by atoms with Crippen LogP contribution in [0.4, 0.5) is 5.69 Å². The van der Waals surface area contributed by atoms with Crippen molar-refractivity contribution >= 4 is 23.3 Å². The zero-order valence-electron chi connectivity index (χ0n) is 15.4. The van der Waals surface area contributed by atoms with Gasteiger partial charge in [-0.1, -0.05) is 29.8 Å². The van der Waals surface area contributed by atoms with E-state index in [9.17, 15) is 9.59 Å². The first-order valence-electron chi connectivity index (χ1n) is 8.68. The van der Waals surface area contributed by atoms with Gasteiger partial charge in [-0.05, 0) is 43.2 Å². The van der Waals surface area contributed by atoms with Crippen LogP contribution in [0, 0.1) is 6.92 Å². The fourth-order valence-electron chi connectivity index (χ4n) is 2.64. The molecule has 1 heterocycles. The second-order valence-corrected chi connectivity index (χ2v) is 6.20. The summed E-state index contributed by atoms with van der Waals surface area (Å²) in [6.07, 6.45) is 0.684. The standard InChI is InChI=1S/C20H22N4O3/c1-14-3-7-16(8-4-14)24-18(25)13-22-19(23-24)20(26)21-12-11-15-5-9-17(27-2)10-6-15/h3-10H,11-13H2,1-2H3,(H,21,26)(H,22,23). The van der Waals surface area contributed by atoms with E-state index in [4.69, 9.17) is 4.74 Å². The summed E-state index contributed by atoms with van der Waals surface area (Å²) in [5.41, 5.74) is 5.66. The maximum absolute atomic E-state index is 12.4. The Balaban J connectivity index is 1.56. The van der Waals surface area contributed by atoms with Gasteiger partial charge in [-0.2, -0.15) is 0 Å². The molecule has 7 heteroatoms. The Labute approximate surface area is 158 Å². The van der Waals surface area contributed by atoms with Crippen molar-refractivity contribution in [2.45, 2.75) is 13.3 Å². The molecule has 0 saturated carbocycles. The number of carbonyl (C=O) groups is 2. The largest absolute Gasteiger partial charge is 0.497 e. The summed E-state index contributed by atoms with van der Waals surface area (Å²) in [5, 5.41) is 4.18. The van der Waals surface area contributed by atoms with Crippen molar-refractivity contribution in [3.63, 3.8) is 0 Å². The molecule has 0 unspecified atom stereocenters. The normalized spacial score (nSPS) is 13.6. The highest BCUT2D eigenvalue weighted by molar-refractivity contribution is 6.39. The molecule has 0 fully saturated rings. The molecule has 1 aliphatic rings. The highest BCUT2D eigenvalue weighted by Gasteiger charge is 2.25. The Hall–Kier alpha value is -3.35.